The molecule has 4 fully saturated rings. The van der Waals surface area contributed by atoms with Gasteiger partial charge in [-0.15, -0.1) is 0 Å². The van der Waals surface area contributed by atoms with Gasteiger partial charge in [0.05, 0.1) is 7.11 Å². The highest BCUT2D eigenvalue weighted by atomic mass is 28.3. The minimum Gasteiger partial charge on any atom is -0.468 e. The molecule has 4 saturated heterocycles. The summed E-state index contributed by atoms with van der Waals surface area (Å²) in [5, 5.41) is 0. The van der Waals surface area contributed by atoms with E-state index in [0.29, 0.717) is 5.92 Å². The van der Waals surface area contributed by atoms with Gasteiger partial charge in [0, 0.05) is 12.1 Å². The van der Waals surface area contributed by atoms with Crippen molar-refractivity contribution in [1.82, 2.24) is 4.90 Å². The summed E-state index contributed by atoms with van der Waals surface area (Å²) in [6.45, 7) is 11.1. The minimum absolute atomic E-state index is 0.0581. The van der Waals surface area contributed by atoms with Crippen LogP contribution in [0.5, 0.6) is 0 Å². The number of esters is 1. The summed E-state index contributed by atoms with van der Waals surface area (Å²) in [5.74, 6) is 0.142. The van der Waals surface area contributed by atoms with E-state index in [1.165, 1.54) is 7.11 Å². The number of fused-ring (bicyclic) bond motifs is 1. The molecular formula is C18H31NO4Si. The zero-order chi connectivity index (χ0) is 17.9. The molecule has 6 heteroatoms. The van der Waals surface area contributed by atoms with Gasteiger partial charge in [0.1, 0.15) is 5.60 Å². The first-order valence-corrected chi connectivity index (χ1v) is 11.9. The highest BCUT2D eigenvalue weighted by Crippen LogP contribution is 2.52. The number of carbonyl (C=O) groups excluding carboxylic acids is 2. The zero-order valence-corrected chi connectivity index (χ0v) is 17.0. The number of methoxy groups -OCH3 is 1. The molecule has 0 spiro atoms. The van der Waals surface area contributed by atoms with Gasteiger partial charge in [-0.2, -0.15) is 0 Å². The molecule has 0 aliphatic carbocycles. The zero-order valence-electron chi connectivity index (χ0n) is 15.8. The van der Waals surface area contributed by atoms with Crippen molar-refractivity contribution in [1.29, 1.82) is 0 Å². The Labute approximate surface area is 146 Å². The molecule has 0 N–H and O–H groups in total. The monoisotopic (exact) mass is 353 g/mol. The molecule has 4 rings (SSSR count). The predicted octanol–water partition coefficient (Wildman–Crippen LogP) is 2.14. The van der Waals surface area contributed by atoms with E-state index in [1.54, 1.807) is 0 Å². The van der Waals surface area contributed by atoms with Crippen LogP contribution in [0.4, 0.5) is 0 Å². The number of Topliss-reactive ketones (excluding diaryl/α,β-unsaturated/α-hetero) is 1. The van der Waals surface area contributed by atoms with Gasteiger partial charge in [0.25, 0.3) is 0 Å². The first kappa shape index (κ1) is 18.1. The van der Waals surface area contributed by atoms with Crippen LogP contribution in [-0.2, 0) is 18.8 Å². The predicted molar refractivity (Wildman–Crippen MR) is 94.3 cm³/mol. The van der Waals surface area contributed by atoms with Gasteiger partial charge >= 0.3 is 5.97 Å². The summed E-state index contributed by atoms with van der Waals surface area (Å²) >= 11 is 0. The van der Waals surface area contributed by atoms with Crippen molar-refractivity contribution in [2.45, 2.75) is 83.3 Å². The van der Waals surface area contributed by atoms with Crippen LogP contribution in [-0.4, -0.2) is 56.5 Å². The van der Waals surface area contributed by atoms with E-state index >= 15 is 0 Å². The SMILES string of the molecule is COC(=O)C1C(=O)C2(O[SiH](C)C)CC3CC(C(C)(C)C)CC(C2)N31. The molecular weight excluding hydrogens is 322 g/mol. The second-order valence-electron chi connectivity index (χ2n) is 9.15. The number of ether oxygens (including phenoxy) is 1. The Kier molecular flexibility index (Phi) is 4.46. The van der Waals surface area contributed by atoms with E-state index in [-0.39, 0.29) is 23.3 Å². The molecule has 0 aromatic heterocycles. The Bertz CT molecular complexity index is 526. The second kappa shape index (κ2) is 5.92. The van der Waals surface area contributed by atoms with Crippen molar-refractivity contribution in [2.24, 2.45) is 11.3 Å². The lowest BCUT2D eigenvalue weighted by Gasteiger charge is -2.62. The fraction of sp³-hybridized carbons (Fsp3) is 0.889. The summed E-state index contributed by atoms with van der Waals surface area (Å²) < 4.78 is 11.3. The van der Waals surface area contributed by atoms with Crippen molar-refractivity contribution >= 4 is 20.8 Å². The average Bonchev–Trinajstić information content (AvgIpc) is 2.44. The van der Waals surface area contributed by atoms with E-state index in [2.05, 4.69) is 38.8 Å². The van der Waals surface area contributed by atoms with Gasteiger partial charge in [-0.25, -0.2) is 4.79 Å². The number of hydrogen-bond donors (Lipinski definition) is 0. The number of piperidine rings is 4. The highest BCUT2D eigenvalue weighted by Gasteiger charge is 2.64. The van der Waals surface area contributed by atoms with E-state index in [4.69, 9.17) is 9.16 Å². The molecule has 136 valence electrons. The highest BCUT2D eigenvalue weighted by molar-refractivity contribution is 6.49. The third kappa shape index (κ3) is 2.76. The fourth-order valence-corrected chi connectivity index (χ4v) is 6.39. The Hall–Kier alpha value is -0.723. The smallest absolute Gasteiger partial charge is 0.331 e. The third-order valence-corrected chi connectivity index (χ3v) is 7.12. The first-order chi connectivity index (χ1) is 11.1. The molecule has 3 atom stereocenters. The van der Waals surface area contributed by atoms with E-state index < -0.39 is 26.7 Å². The molecule has 4 bridgehead atoms. The number of nitrogens with zero attached hydrogens (tertiary/aromatic N) is 1. The Balaban J connectivity index is 1.96. The Morgan fingerprint density at radius 2 is 1.75 bits per heavy atom. The molecule has 0 amide bonds. The molecule has 0 radical (unpaired) electrons. The van der Waals surface area contributed by atoms with Gasteiger partial charge in [-0.05, 0) is 50.1 Å². The number of ketones is 1. The van der Waals surface area contributed by atoms with Crippen LogP contribution in [0.15, 0.2) is 0 Å². The fourth-order valence-electron chi connectivity index (χ4n) is 5.18. The van der Waals surface area contributed by atoms with Crippen molar-refractivity contribution in [2.75, 3.05) is 7.11 Å². The molecule has 24 heavy (non-hydrogen) atoms. The maximum Gasteiger partial charge on any atom is 0.331 e. The topological polar surface area (TPSA) is 55.8 Å². The number of carbonyl (C=O) groups is 2. The van der Waals surface area contributed by atoms with Crippen LogP contribution in [0.25, 0.3) is 0 Å². The molecule has 0 saturated carbocycles. The summed E-state index contributed by atoms with van der Waals surface area (Å²) in [6, 6.07) is -0.270. The van der Waals surface area contributed by atoms with Gasteiger partial charge in [0.15, 0.2) is 20.9 Å². The van der Waals surface area contributed by atoms with Crippen LogP contribution in [0.3, 0.4) is 0 Å². The maximum atomic E-state index is 13.1. The molecule has 4 aliphatic heterocycles. The van der Waals surface area contributed by atoms with E-state index in [9.17, 15) is 9.59 Å². The average molecular weight is 354 g/mol. The molecule has 3 unspecified atom stereocenters. The molecule has 0 aromatic carbocycles. The first-order valence-electron chi connectivity index (χ1n) is 9.16. The minimum atomic E-state index is -1.39. The van der Waals surface area contributed by atoms with Crippen LogP contribution in [0, 0.1) is 11.3 Å². The van der Waals surface area contributed by atoms with Crippen molar-refractivity contribution in [3.05, 3.63) is 0 Å². The number of rotatable bonds is 3. The third-order valence-electron chi connectivity index (χ3n) is 6.19. The molecule has 4 aliphatic rings. The standard InChI is InChI=1S/C18H31NO4Si/c1-17(2,3)11-7-12-9-18(23-24(5)6)10-13(8-11)19(12)14(15(18)20)16(21)22-4/h11-14,24H,7-10H2,1-6H3. The van der Waals surface area contributed by atoms with Crippen LogP contribution in [0.1, 0.15) is 46.5 Å². The summed E-state index contributed by atoms with van der Waals surface area (Å²) in [7, 11) is -0.0196. The van der Waals surface area contributed by atoms with Gasteiger partial charge in [-0.3, -0.25) is 9.69 Å². The van der Waals surface area contributed by atoms with Crippen molar-refractivity contribution in [3.63, 3.8) is 0 Å². The molecule has 5 nitrogen and oxygen atoms in total. The number of hydrogen-bond acceptors (Lipinski definition) is 5. The van der Waals surface area contributed by atoms with Crippen LogP contribution >= 0.6 is 0 Å². The van der Waals surface area contributed by atoms with Crippen LogP contribution < -0.4 is 0 Å². The lowest BCUT2D eigenvalue weighted by Crippen LogP contribution is -2.76. The quantitative estimate of drug-likeness (QED) is 0.442. The van der Waals surface area contributed by atoms with Gasteiger partial charge < -0.3 is 9.16 Å². The van der Waals surface area contributed by atoms with E-state index in [1.807, 2.05) is 0 Å². The Morgan fingerprint density at radius 3 is 2.17 bits per heavy atom. The van der Waals surface area contributed by atoms with Gasteiger partial charge in [0.2, 0.25) is 0 Å². The largest absolute Gasteiger partial charge is 0.468 e. The maximum absolute atomic E-state index is 13.1. The lowest BCUT2D eigenvalue weighted by atomic mass is 9.60. The second-order valence-corrected chi connectivity index (χ2v) is 11.5. The summed E-state index contributed by atoms with van der Waals surface area (Å²) in [5.41, 5.74) is -0.494. The van der Waals surface area contributed by atoms with Crippen LogP contribution in [0.2, 0.25) is 13.1 Å². The molecule has 4 heterocycles. The Morgan fingerprint density at radius 1 is 1.21 bits per heavy atom. The summed E-state index contributed by atoms with van der Waals surface area (Å²) in [4.78, 5) is 27.7. The lowest BCUT2D eigenvalue weighted by molar-refractivity contribution is -0.194. The normalized spacial score (nSPS) is 41.6. The van der Waals surface area contributed by atoms with Crippen molar-refractivity contribution in [3.8, 4) is 0 Å². The van der Waals surface area contributed by atoms with Crippen molar-refractivity contribution < 1.29 is 18.8 Å². The van der Waals surface area contributed by atoms with E-state index in [0.717, 1.165) is 25.7 Å². The van der Waals surface area contributed by atoms with Gasteiger partial charge in [-0.1, -0.05) is 20.8 Å². The molecule has 0 aromatic rings. The summed E-state index contributed by atoms with van der Waals surface area (Å²) in [6.07, 6.45) is 3.55.